The Morgan fingerprint density at radius 2 is 1.88 bits per heavy atom. The fourth-order valence-electron chi connectivity index (χ4n) is 4.25. The van der Waals surface area contributed by atoms with Gasteiger partial charge < -0.3 is 15.0 Å². The van der Waals surface area contributed by atoms with E-state index in [9.17, 15) is 9.59 Å². The Bertz CT molecular complexity index is 963. The summed E-state index contributed by atoms with van der Waals surface area (Å²) in [5.41, 5.74) is 2.61. The number of hydrogen-bond acceptors (Lipinski definition) is 5. The minimum Gasteiger partial charge on any atom is -0.378 e. The molecule has 0 bridgehead atoms. The zero-order valence-electron chi connectivity index (χ0n) is 19.9. The van der Waals surface area contributed by atoms with Gasteiger partial charge >= 0.3 is 0 Å². The van der Waals surface area contributed by atoms with Crippen LogP contribution in [0.2, 0.25) is 0 Å². The maximum absolute atomic E-state index is 13.5. The summed E-state index contributed by atoms with van der Waals surface area (Å²) in [6.45, 7) is 9.99. The molecule has 0 spiro atoms. The summed E-state index contributed by atoms with van der Waals surface area (Å²) >= 11 is 1.50. The summed E-state index contributed by atoms with van der Waals surface area (Å²) in [5.74, 6) is 0.548. The van der Waals surface area contributed by atoms with Crippen molar-refractivity contribution in [1.29, 1.82) is 0 Å². The number of ether oxygens (including phenoxy) is 1. The first-order valence-electron chi connectivity index (χ1n) is 12.0. The van der Waals surface area contributed by atoms with Crippen LogP contribution in [0.1, 0.15) is 49.0 Å². The number of amides is 2. The molecule has 1 saturated carbocycles. The number of carbonyl (C=O) groups is 2. The summed E-state index contributed by atoms with van der Waals surface area (Å²) in [6, 6.07) is 10.6. The summed E-state index contributed by atoms with van der Waals surface area (Å²) in [7, 11) is 0. The molecule has 2 aromatic rings. The fraction of sp³-hybridized carbons (Fsp3) is 0.538. The molecule has 6 nitrogen and oxygen atoms in total. The van der Waals surface area contributed by atoms with Crippen LogP contribution in [0.15, 0.2) is 30.3 Å². The summed E-state index contributed by atoms with van der Waals surface area (Å²) in [4.78, 5) is 31.8. The Morgan fingerprint density at radius 3 is 2.52 bits per heavy atom. The Balaban J connectivity index is 1.57. The van der Waals surface area contributed by atoms with Crippen LogP contribution in [-0.2, 0) is 9.53 Å². The van der Waals surface area contributed by atoms with E-state index in [4.69, 9.17) is 4.74 Å². The van der Waals surface area contributed by atoms with E-state index in [0.29, 0.717) is 55.4 Å². The van der Waals surface area contributed by atoms with Gasteiger partial charge in [-0.3, -0.25) is 14.5 Å². The quantitative estimate of drug-likeness (QED) is 0.581. The van der Waals surface area contributed by atoms with Crippen molar-refractivity contribution in [2.75, 3.05) is 44.7 Å². The van der Waals surface area contributed by atoms with E-state index in [0.717, 1.165) is 29.0 Å². The van der Waals surface area contributed by atoms with Gasteiger partial charge in [0.25, 0.3) is 5.91 Å². The summed E-state index contributed by atoms with van der Waals surface area (Å²) in [6.07, 6.45) is 3.42. The van der Waals surface area contributed by atoms with Crippen molar-refractivity contribution in [3.63, 3.8) is 0 Å². The molecule has 2 heterocycles. The molecule has 7 heteroatoms. The lowest BCUT2D eigenvalue weighted by atomic mass is 10.1. The van der Waals surface area contributed by atoms with E-state index in [1.165, 1.54) is 24.2 Å². The number of thiophene rings is 1. The molecule has 178 valence electrons. The molecule has 1 aromatic heterocycles. The van der Waals surface area contributed by atoms with Gasteiger partial charge in [-0.05, 0) is 49.8 Å². The smallest absolute Gasteiger partial charge is 0.257 e. The predicted octanol–water partition coefficient (Wildman–Crippen LogP) is 4.64. The van der Waals surface area contributed by atoms with E-state index in [1.807, 2.05) is 42.2 Å². The molecule has 2 amide bonds. The first kappa shape index (κ1) is 23.9. The Morgan fingerprint density at radius 1 is 1.18 bits per heavy atom. The topological polar surface area (TPSA) is 61.9 Å². The highest BCUT2D eigenvalue weighted by Gasteiger charge is 2.31. The van der Waals surface area contributed by atoms with E-state index in [1.54, 1.807) is 0 Å². The van der Waals surface area contributed by atoms with Crippen LogP contribution in [0.4, 0.5) is 5.00 Å². The molecule has 2 fully saturated rings. The van der Waals surface area contributed by atoms with Gasteiger partial charge in [-0.1, -0.05) is 44.2 Å². The zero-order valence-corrected chi connectivity index (χ0v) is 20.7. The number of morpholine rings is 1. The van der Waals surface area contributed by atoms with Crippen molar-refractivity contribution in [3.8, 4) is 10.4 Å². The van der Waals surface area contributed by atoms with Gasteiger partial charge in [0.05, 0.1) is 25.3 Å². The van der Waals surface area contributed by atoms with Crippen LogP contribution in [0.25, 0.3) is 10.4 Å². The van der Waals surface area contributed by atoms with Crippen molar-refractivity contribution in [3.05, 3.63) is 41.5 Å². The molecule has 33 heavy (non-hydrogen) atoms. The van der Waals surface area contributed by atoms with Crippen molar-refractivity contribution in [1.82, 2.24) is 9.80 Å². The third kappa shape index (κ3) is 6.02. The molecule has 1 saturated heterocycles. The van der Waals surface area contributed by atoms with Crippen LogP contribution in [0.5, 0.6) is 0 Å². The Hall–Kier alpha value is -2.22. The fourth-order valence-corrected chi connectivity index (χ4v) is 5.47. The van der Waals surface area contributed by atoms with Gasteiger partial charge in [0.15, 0.2) is 0 Å². The monoisotopic (exact) mass is 469 g/mol. The van der Waals surface area contributed by atoms with Crippen molar-refractivity contribution in [2.24, 2.45) is 5.92 Å². The first-order chi connectivity index (χ1) is 15.9. The second kappa shape index (κ2) is 10.8. The molecule has 2 aliphatic rings. The number of carbonyl (C=O) groups excluding carboxylic acids is 2. The molecule has 1 aliphatic carbocycles. The summed E-state index contributed by atoms with van der Waals surface area (Å²) in [5, 5.41) is 3.78. The largest absolute Gasteiger partial charge is 0.378 e. The van der Waals surface area contributed by atoms with Gasteiger partial charge in [0.1, 0.15) is 5.00 Å². The number of hydrogen-bond donors (Lipinski definition) is 1. The Labute approximate surface area is 200 Å². The van der Waals surface area contributed by atoms with E-state index < -0.39 is 0 Å². The second-order valence-corrected chi connectivity index (χ2v) is 10.5. The molecule has 1 N–H and O–H groups in total. The molecule has 0 unspecified atom stereocenters. The third-order valence-electron chi connectivity index (χ3n) is 6.35. The molecule has 4 rings (SSSR count). The highest BCUT2D eigenvalue weighted by Crippen LogP contribution is 2.40. The number of anilines is 1. The van der Waals surface area contributed by atoms with E-state index in [2.05, 4.69) is 24.1 Å². The Kier molecular flexibility index (Phi) is 7.83. The molecule has 0 radical (unpaired) electrons. The number of rotatable bonds is 9. The van der Waals surface area contributed by atoms with Crippen LogP contribution < -0.4 is 5.32 Å². The van der Waals surface area contributed by atoms with Crippen LogP contribution in [-0.4, -0.2) is 67.0 Å². The lowest BCUT2D eigenvalue weighted by molar-refractivity contribution is -0.117. The maximum Gasteiger partial charge on any atom is 0.257 e. The average Bonchev–Trinajstić information content (AvgIpc) is 3.61. The molecule has 0 atom stereocenters. The minimum atomic E-state index is -0.0393. The average molecular weight is 470 g/mol. The van der Waals surface area contributed by atoms with Crippen LogP contribution in [0, 0.1) is 12.8 Å². The van der Waals surface area contributed by atoms with Gasteiger partial charge in [-0.2, -0.15) is 0 Å². The van der Waals surface area contributed by atoms with Crippen LogP contribution >= 0.6 is 11.3 Å². The number of nitrogens with zero attached hydrogens (tertiary/aromatic N) is 2. The third-order valence-corrected chi connectivity index (χ3v) is 7.61. The highest BCUT2D eigenvalue weighted by molar-refractivity contribution is 7.20. The lowest BCUT2D eigenvalue weighted by Crippen LogP contribution is -2.41. The molecular weight excluding hydrogens is 434 g/mol. The molecule has 1 aromatic carbocycles. The number of benzene rings is 1. The maximum atomic E-state index is 13.5. The van der Waals surface area contributed by atoms with E-state index >= 15 is 0 Å². The van der Waals surface area contributed by atoms with Gasteiger partial charge in [-0.15, -0.1) is 11.3 Å². The summed E-state index contributed by atoms with van der Waals surface area (Å²) < 4.78 is 5.43. The van der Waals surface area contributed by atoms with Gasteiger partial charge in [0, 0.05) is 24.0 Å². The number of nitrogens with one attached hydrogen (secondary N) is 1. The normalized spacial score (nSPS) is 16.5. The van der Waals surface area contributed by atoms with Crippen LogP contribution in [0.3, 0.4) is 0 Å². The standard InChI is InChI=1S/C26H35N3O3S/c1-18(2)11-12-29(21-9-10-21)17-22(30)27-25-23(26(31)28-13-15-32-16-14-28)19(3)24(33-25)20-7-5-4-6-8-20/h4-8,18,21H,9-17H2,1-3H3,(H,27,30). The van der Waals surface area contributed by atoms with Gasteiger partial charge in [0.2, 0.25) is 5.91 Å². The first-order valence-corrected chi connectivity index (χ1v) is 12.9. The predicted molar refractivity (Wildman–Crippen MR) is 134 cm³/mol. The lowest BCUT2D eigenvalue weighted by Gasteiger charge is -2.27. The van der Waals surface area contributed by atoms with Crippen molar-refractivity contribution >= 4 is 28.2 Å². The van der Waals surface area contributed by atoms with Gasteiger partial charge in [-0.25, -0.2) is 0 Å². The highest BCUT2D eigenvalue weighted by atomic mass is 32.1. The van der Waals surface area contributed by atoms with E-state index in [-0.39, 0.29) is 11.8 Å². The zero-order chi connectivity index (χ0) is 23.4. The molecule has 1 aliphatic heterocycles. The second-order valence-electron chi connectivity index (χ2n) is 9.46. The minimum absolute atomic E-state index is 0.0246. The molecular formula is C26H35N3O3S. The van der Waals surface area contributed by atoms with Crippen molar-refractivity contribution in [2.45, 2.75) is 46.1 Å². The SMILES string of the molecule is Cc1c(-c2ccccc2)sc(NC(=O)CN(CCC(C)C)C2CC2)c1C(=O)N1CCOCC1. The van der Waals surface area contributed by atoms with Crippen molar-refractivity contribution < 1.29 is 14.3 Å².